The number of ether oxygens (including phenoxy) is 1. The Morgan fingerprint density at radius 1 is 1.28 bits per heavy atom. The molecule has 1 fully saturated rings. The minimum atomic E-state index is -0.504. The van der Waals surface area contributed by atoms with E-state index in [-0.39, 0.29) is 5.88 Å². The van der Waals surface area contributed by atoms with Gasteiger partial charge in [0.25, 0.3) is 0 Å². The van der Waals surface area contributed by atoms with Crippen molar-refractivity contribution in [2.45, 2.75) is 18.9 Å². The lowest BCUT2D eigenvalue weighted by molar-refractivity contribution is 0.369. The maximum absolute atomic E-state index is 14.1. The summed E-state index contributed by atoms with van der Waals surface area (Å²) in [5, 5.41) is 6.86. The van der Waals surface area contributed by atoms with Crippen LogP contribution in [0.5, 0.6) is 5.88 Å². The van der Waals surface area contributed by atoms with Crippen molar-refractivity contribution >= 4 is 28.1 Å². The second kappa shape index (κ2) is 6.61. The number of methoxy groups -OCH3 is 1. The molecule has 4 rings (SSSR count). The molecule has 1 aromatic carbocycles. The van der Waals surface area contributed by atoms with Gasteiger partial charge in [-0.1, -0.05) is 17.7 Å². The Labute approximate surface area is 153 Å². The predicted octanol–water partition coefficient (Wildman–Crippen LogP) is 5.25. The number of anilines is 1. The van der Waals surface area contributed by atoms with Crippen molar-refractivity contribution in [1.82, 2.24) is 9.97 Å². The summed E-state index contributed by atoms with van der Waals surface area (Å²) in [6.45, 7) is 0. The largest absolute Gasteiger partial charge is 0.479 e. The summed E-state index contributed by atoms with van der Waals surface area (Å²) in [4.78, 5) is 8.68. The number of halogens is 2. The highest BCUT2D eigenvalue weighted by molar-refractivity contribution is 7.14. The Morgan fingerprint density at radius 2 is 2.12 bits per heavy atom. The van der Waals surface area contributed by atoms with Crippen molar-refractivity contribution in [2.75, 3.05) is 12.4 Å². The summed E-state index contributed by atoms with van der Waals surface area (Å²) < 4.78 is 19.0. The van der Waals surface area contributed by atoms with Crippen LogP contribution in [0.4, 0.5) is 9.52 Å². The van der Waals surface area contributed by atoms with Crippen LogP contribution in [0, 0.1) is 5.82 Å². The molecule has 0 saturated heterocycles. The molecule has 1 aliphatic carbocycles. The van der Waals surface area contributed by atoms with E-state index in [4.69, 9.17) is 16.3 Å². The second-order valence-electron chi connectivity index (χ2n) is 5.86. The lowest BCUT2D eigenvalue weighted by Gasteiger charge is -2.10. The van der Waals surface area contributed by atoms with Gasteiger partial charge in [0.2, 0.25) is 5.88 Å². The minimum Gasteiger partial charge on any atom is -0.479 e. The first kappa shape index (κ1) is 16.3. The zero-order chi connectivity index (χ0) is 17.4. The lowest BCUT2D eigenvalue weighted by atomic mass is 9.99. The average Bonchev–Trinajstić information content (AvgIpc) is 3.29. The van der Waals surface area contributed by atoms with Gasteiger partial charge in [0, 0.05) is 33.8 Å². The summed E-state index contributed by atoms with van der Waals surface area (Å²) in [5.74, 6) is -0.529. The molecule has 1 N–H and O–H groups in total. The van der Waals surface area contributed by atoms with E-state index >= 15 is 0 Å². The number of pyridine rings is 1. The van der Waals surface area contributed by atoms with Crippen molar-refractivity contribution < 1.29 is 9.13 Å². The van der Waals surface area contributed by atoms with Crippen molar-refractivity contribution in [3.05, 3.63) is 46.7 Å². The fraction of sp³-hybridized carbons (Fsp3) is 0.222. The smallest absolute Gasteiger partial charge is 0.250 e. The maximum atomic E-state index is 14.1. The highest BCUT2D eigenvalue weighted by atomic mass is 35.5. The SMILES string of the molecule is COc1ncc(-c2ccc(Cl)cc2-c2csc(NC3CC3)n2)cc1F. The third-order valence-corrected chi connectivity index (χ3v) is 4.99. The molecule has 25 heavy (non-hydrogen) atoms. The van der Waals surface area contributed by atoms with Crippen LogP contribution in [0.25, 0.3) is 22.4 Å². The molecule has 128 valence electrons. The first-order chi connectivity index (χ1) is 12.1. The van der Waals surface area contributed by atoms with Crippen molar-refractivity contribution in [2.24, 2.45) is 0 Å². The highest BCUT2D eigenvalue weighted by Gasteiger charge is 2.22. The number of nitrogens with zero attached hydrogens (tertiary/aromatic N) is 2. The molecule has 4 nitrogen and oxygen atoms in total. The molecule has 2 heterocycles. The highest BCUT2D eigenvalue weighted by Crippen LogP contribution is 2.37. The Kier molecular flexibility index (Phi) is 4.31. The van der Waals surface area contributed by atoms with Crippen LogP contribution < -0.4 is 10.1 Å². The van der Waals surface area contributed by atoms with E-state index in [0.29, 0.717) is 16.6 Å². The quantitative estimate of drug-likeness (QED) is 0.661. The molecular weight excluding hydrogens is 361 g/mol. The fourth-order valence-electron chi connectivity index (χ4n) is 2.57. The van der Waals surface area contributed by atoms with Gasteiger partial charge < -0.3 is 10.1 Å². The third-order valence-electron chi connectivity index (χ3n) is 3.98. The monoisotopic (exact) mass is 375 g/mol. The van der Waals surface area contributed by atoms with E-state index < -0.39 is 5.82 Å². The van der Waals surface area contributed by atoms with Crippen molar-refractivity contribution in [1.29, 1.82) is 0 Å². The first-order valence-electron chi connectivity index (χ1n) is 7.86. The fourth-order valence-corrected chi connectivity index (χ4v) is 3.53. The molecule has 0 atom stereocenters. The molecule has 0 aliphatic heterocycles. The van der Waals surface area contributed by atoms with Crippen LogP contribution in [0.3, 0.4) is 0 Å². The van der Waals surface area contributed by atoms with E-state index in [1.807, 2.05) is 17.5 Å². The summed E-state index contributed by atoms with van der Waals surface area (Å²) >= 11 is 7.74. The second-order valence-corrected chi connectivity index (χ2v) is 7.16. The zero-order valence-corrected chi connectivity index (χ0v) is 15.0. The lowest BCUT2D eigenvalue weighted by Crippen LogP contribution is -1.99. The standard InChI is InChI=1S/C18H15ClFN3OS/c1-24-17-15(20)6-10(8-21-17)13-5-2-11(19)7-14(13)16-9-25-18(23-16)22-12-3-4-12/h2,5-9,12H,3-4H2,1H3,(H,22,23). The molecule has 2 aromatic heterocycles. The molecule has 3 aromatic rings. The van der Waals surface area contributed by atoms with Gasteiger partial charge in [-0.25, -0.2) is 14.4 Å². The van der Waals surface area contributed by atoms with Gasteiger partial charge in [-0.3, -0.25) is 0 Å². The van der Waals surface area contributed by atoms with Gasteiger partial charge in [-0.05, 0) is 36.6 Å². The Bertz CT molecular complexity index is 926. The summed E-state index contributed by atoms with van der Waals surface area (Å²) in [7, 11) is 1.39. The number of benzene rings is 1. The van der Waals surface area contributed by atoms with Crippen molar-refractivity contribution in [3.8, 4) is 28.3 Å². The third kappa shape index (κ3) is 3.45. The number of thiazole rings is 1. The topological polar surface area (TPSA) is 47.0 Å². The molecule has 1 aliphatic rings. The van der Waals surface area contributed by atoms with Gasteiger partial charge in [0.15, 0.2) is 10.9 Å². The minimum absolute atomic E-state index is 0.0242. The molecule has 0 radical (unpaired) electrons. The summed E-state index contributed by atoms with van der Waals surface area (Å²) in [5.41, 5.74) is 3.12. The molecule has 1 saturated carbocycles. The average molecular weight is 376 g/mol. The molecule has 0 amide bonds. The molecule has 0 unspecified atom stereocenters. The number of aromatic nitrogens is 2. The maximum Gasteiger partial charge on any atom is 0.250 e. The van der Waals surface area contributed by atoms with Crippen LogP contribution in [-0.4, -0.2) is 23.1 Å². The Balaban J connectivity index is 1.75. The van der Waals surface area contributed by atoms with Crippen LogP contribution in [0.15, 0.2) is 35.8 Å². The summed E-state index contributed by atoms with van der Waals surface area (Å²) in [6.07, 6.45) is 3.96. The number of nitrogens with one attached hydrogen (secondary N) is 1. The van der Waals surface area contributed by atoms with E-state index in [1.165, 1.54) is 26.0 Å². The number of rotatable bonds is 5. The number of hydrogen-bond acceptors (Lipinski definition) is 5. The molecular formula is C18H15ClFN3OS. The van der Waals surface area contributed by atoms with Gasteiger partial charge in [-0.2, -0.15) is 0 Å². The normalized spacial score (nSPS) is 13.7. The van der Waals surface area contributed by atoms with Gasteiger partial charge in [0.1, 0.15) is 0 Å². The Morgan fingerprint density at radius 3 is 2.84 bits per heavy atom. The molecule has 7 heteroatoms. The molecule has 0 bridgehead atoms. The van der Waals surface area contributed by atoms with Crippen LogP contribution in [0.1, 0.15) is 12.8 Å². The zero-order valence-electron chi connectivity index (χ0n) is 13.4. The van der Waals surface area contributed by atoms with E-state index in [9.17, 15) is 4.39 Å². The van der Waals surface area contributed by atoms with E-state index in [0.717, 1.165) is 22.0 Å². The van der Waals surface area contributed by atoms with E-state index in [2.05, 4.69) is 15.3 Å². The summed E-state index contributed by atoms with van der Waals surface area (Å²) in [6, 6.07) is 7.42. The van der Waals surface area contributed by atoms with Crippen LogP contribution in [0.2, 0.25) is 5.02 Å². The molecule has 0 spiro atoms. The predicted molar refractivity (Wildman–Crippen MR) is 98.9 cm³/mol. The van der Waals surface area contributed by atoms with Gasteiger partial charge in [0.05, 0.1) is 12.8 Å². The first-order valence-corrected chi connectivity index (χ1v) is 9.11. The van der Waals surface area contributed by atoms with Gasteiger partial charge >= 0.3 is 0 Å². The van der Waals surface area contributed by atoms with E-state index in [1.54, 1.807) is 23.6 Å². The number of hydrogen-bond donors (Lipinski definition) is 1. The van der Waals surface area contributed by atoms with Gasteiger partial charge in [-0.15, -0.1) is 11.3 Å². The van der Waals surface area contributed by atoms with Crippen LogP contribution in [-0.2, 0) is 0 Å². The van der Waals surface area contributed by atoms with Crippen molar-refractivity contribution in [3.63, 3.8) is 0 Å². The Hall–Kier alpha value is -2.18. The van der Waals surface area contributed by atoms with Crippen LogP contribution >= 0.6 is 22.9 Å².